The maximum Gasteiger partial charge on any atom is 0.254 e. The topological polar surface area (TPSA) is 98.6 Å². The van der Waals surface area contributed by atoms with Crippen LogP contribution in [0.5, 0.6) is 11.5 Å². The largest absolute Gasteiger partial charge is 0.493 e. The summed E-state index contributed by atoms with van der Waals surface area (Å²) in [7, 11) is 1.60. The molecule has 0 aliphatic carbocycles. The maximum atomic E-state index is 14.0. The quantitative estimate of drug-likeness (QED) is 0.271. The third-order valence-electron chi connectivity index (χ3n) is 7.70. The first kappa shape index (κ1) is 29.8. The van der Waals surface area contributed by atoms with Crippen molar-refractivity contribution in [3.8, 4) is 11.5 Å². The molecule has 9 heteroatoms. The molecule has 0 radical (unpaired) electrons. The lowest BCUT2D eigenvalue weighted by atomic mass is 10.0. The highest BCUT2D eigenvalue weighted by Gasteiger charge is 2.31. The number of hydrogen-bond donors (Lipinski definition) is 1. The Morgan fingerprint density at radius 2 is 1.84 bits per heavy atom. The molecule has 2 amide bonds. The summed E-state index contributed by atoms with van der Waals surface area (Å²) in [6, 6.07) is 20.5. The van der Waals surface area contributed by atoms with E-state index in [-0.39, 0.29) is 18.4 Å². The van der Waals surface area contributed by atoms with E-state index < -0.39 is 6.04 Å². The average Bonchev–Trinajstić information content (AvgIpc) is 3.19. The van der Waals surface area contributed by atoms with Crippen molar-refractivity contribution in [1.29, 1.82) is 0 Å². The molecule has 0 saturated carbocycles. The summed E-state index contributed by atoms with van der Waals surface area (Å²) < 4.78 is 13.6. The molecular formula is C34H39N5O4. The van der Waals surface area contributed by atoms with Gasteiger partial charge in [-0.2, -0.15) is 5.10 Å². The summed E-state index contributed by atoms with van der Waals surface area (Å²) in [5, 5.41) is 7.53. The van der Waals surface area contributed by atoms with Crippen LogP contribution >= 0.6 is 0 Å². The van der Waals surface area contributed by atoms with Crippen molar-refractivity contribution < 1.29 is 19.1 Å². The normalized spacial score (nSPS) is 15.0. The number of aryl methyl sites for hydroxylation is 2. The highest BCUT2D eigenvalue weighted by molar-refractivity contribution is 5.97. The molecule has 43 heavy (non-hydrogen) atoms. The van der Waals surface area contributed by atoms with Gasteiger partial charge in [-0.25, -0.2) is 0 Å². The highest BCUT2D eigenvalue weighted by Crippen LogP contribution is 2.30. The number of carbonyl (C=O) groups is 2. The fourth-order valence-corrected chi connectivity index (χ4v) is 5.41. The van der Waals surface area contributed by atoms with Gasteiger partial charge >= 0.3 is 0 Å². The van der Waals surface area contributed by atoms with Gasteiger partial charge in [-0.15, -0.1) is 0 Å². The lowest BCUT2D eigenvalue weighted by Gasteiger charge is -2.30. The van der Waals surface area contributed by atoms with Crippen molar-refractivity contribution in [3.63, 3.8) is 0 Å². The standard InChI is InChI=1S/C34H39N5O4/c1-24-20-25(2)39(37-24)23-26-10-13-28(14-11-26)34(41)38(30-9-5-7-18-36-33(30)40)22-27-12-15-31(32(21-27)42-3)43-19-16-29-8-4-6-17-35-29/h4,6,8,10-15,17,20-21,30H,5,7,9,16,18-19,22-23H2,1-3H3,(H,36,40)/t30-/m0/s1. The molecular weight excluding hydrogens is 542 g/mol. The van der Waals surface area contributed by atoms with Crippen molar-refractivity contribution in [1.82, 2.24) is 25.0 Å². The molecule has 1 aliphatic heterocycles. The molecule has 0 bridgehead atoms. The van der Waals surface area contributed by atoms with Crippen LogP contribution in [0.15, 0.2) is 72.9 Å². The predicted molar refractivity (Wildman–Crippen MR) is 164 cm³/mol. The fraction of sp³-hybridized carbons (Fsp3) is 0.353. The summed E-state index contributed by atoms with van der Waals surface area (Å²) in [6.07, 6.45) is 4.80. The smallest absolute Gasteiger partial charge is 0.254 e. The number of benzene rings is 2. The molecule has 1 aliphatic rings. The Bertz CT molecular complexity index is 1530. The van der Waals surface area contributed by atoms with Crippen molar-refractivity contribution in [2.24, 2.45) is 0 Å². The molecule has 0 spiro atoms. The molecule has 1 atom stereocenters. The van der Waals surface area contributed by atoms with Crippen LogP contribution in [0.3, 0.4) is 0 Å². The third kappa shape index (κ3) is 7.60. The number of amides is 2. The SMILES string of the molecule is COc1cc(CN(C(=O)c2ccc(Cn3nc(C)cc3C)cc2)[C@H]2CCCCNC2=O)ccc1OCCc1ccccn1. The number of nitrogens with one attached hydrogen (secondary N) is 1. The maximum absolute atomic E-state index is 14.0. The van der Waals surface area contributed by atoms with E-state index in [1.165, 1.54) is 0 Å². The molecule has 4 aromatic rings. The number of rotatable bonds is 11. The average molecular weight is 582 g/mol. The van der Waals surface area contributed by atoms with E-state index in [2.05, 4.69) is 15.4 Å². The number of hydrogen-bond acceptors (Lipinski definition) is 6. The Morgan fingerprint density at radius 1 is 1.02 bits per heavy atom. The molecule has 3 heterocycles. The van der Waals surface area contributed by atoms with E-state index in [0.29, 0.717) is 49.6 Å². The third-order valence-corrected chi connectivity index (χ3v) is 7.70. The van der Waals surface area contributed by atoms with Gasteiger partial charge < -0.3 is 19.7 Å². The van der Waals surface area contributed by atoms with E-state index in [4.69, 9.17) is 9.47 Å². The van der Waals surface area contributed by atoms with Crippen LogP contribution in [0.2, 0.25) is 0 Å². The molecule has 9 nitrogen and oxygen atoms in total. The van der Waals surface area contributed by atoms with Crippen LogP contribution in [0, 0.1) is 13.8 Å². The monoisotopic (exact) mass is 581 g/mol. The van der Waals surface area contributed by atoms with Gasteiger partial charge in [-0.05, 0) is 86.7 Å². The fourth-order valence-electron chi connectivity index (χ4n) is 5.41. The van der Waals surface area contributed by atoms with Crippen LogP contribution in [0.1, 0.15) is 57.8 Å². The Kier molecular flexibility index (Phi) is 9.71. The first-order valence-corrected chi connectivity index (χ1v) is 14.8. The molecule has 1 N–H and O–H groups in total. The van der Waals surface area contributed by atoms with Gasteiger partial charge in [0, 0.05) is 42.7 Å². The van der Waals surface area contributed by atoms with Crippen LogP contribution in [0.4, 0.5) is 0 Å². The van der Waals surface area contributed by atoms with E-state index >= 15 is 0 Å². The van der Waals surface area contributed by atoms with Gasteiger partial charge in [0.05, 0.1) is 26.0 Å². The number of pyridine rings is 1. The van der Waals surface area contributed by atoms with Gasteiger partial charge in [-0.1, -0.05) is 24.3 Å². The van der Waals surface area contributed by atoms with E-state index in [1.54, 1.807) is 18.2 Å². The summed E-state index contributed by atoms with van der Waals surface area (Å²) in [6.45, 7) is 5.96. The zero-order valence-electron chi connectivity index (χ0n) is 25.1. The summed E-state index contributed by atoms with van der Waals surface area (Å²) >= 11 is 0. The lowest BCUT2D eigenvalue weighted by Crippen LogP contribution is -2.48. The Labute approximate surface area is 252 Å². The zero-order valence-corrected chi connectivity index (χ0v) is 25.1. The molecule has 0 unspecified atom stereocenters. The number of nitrogens with zero attached hydrogens (tertiary/aromatic N) is 4. The first-order chi connectivity index (χ1) is 20.9. The van der Waals surface area contributed by atoms with Crippen LogP contribution < -0.4 is 14.8 Å². The number of ether oxygens (including phenoxy) is 2. The van der Waals surface area contributed by atoms with Crippen molar-refractivity contribution in [3.05, 3.63) is 107 Å². The van der Waals surface area contributed by atoms with Gasteiger partial charge in [0.25, 0.3) is 5.91 Å². The Morgan fingerprint density at radius 3 is 2.56 bits per heavy atom. The van der Waals surface area contributed by atoms with Crippen LogP contribution in [-0.4, -0.2) is 57.8 Å². The molecule has 1 fully saturated rings. The van der Waals surface area contributed by atoms with Crippen molar-refractivity contribution >= 4 is 11.8 Å². The summed E-state index contributed by atoms with van der Waals surface area (Å²) in [5.74, 6) is 0.887. The van der Waals surface area contributed by atoms with Gasteiger partial charge in [0.15, 0.2) is 11.5 Å². The second-order valence-electron chi connectivity index (χ2n) is 10.9. The first-order valence-electron chi connectivity index (χ1n) is 14.8. The molecule has 1 saturated heterocycles. The Hall–Kier alpha value is -4.66. The van der Waals surface area contributed by atoms with Crippen molar-refractivity contribution in [2.75, 3.05) is 20.3 Å². The van der Waals surface area contributed by atoms with E-state index in [0.717, 1.165) is 41.1 Å². The molecule has 5 rings (SSSR count). The van der Waals surface area contributed by atoms with Crippen LogP contribution in [-0.2, 0) is 24.3 Å². The molecule has 2 aromatic heterocycles. The zero-order chi connectivity index (χ0) is 30.2. The minimum absolute atomic E-state index is 0.117. The minimum Gasteiger partial charge on any atom is -0.493 e. The summed E-state index contributed by atoms with van der Waals surface area (Å²) in [5.41, 5.74) is 5.44. The summed E-state index contributed by atoms with van der Waals surface area (Å²) in [4.78, 5) is 33.1. The molecule has 2 aromatic carbocycles. The van der Waals surface area contributed by atoms with Gasteiger partial charge in [0.2, 0.25) is 5.91 Å². The van der Waals surface area contributed by atoms with Gasteiger partial charge in [-0.3, -0.25) is 19.3 Å². The van der Waals surface area contributed by atoms with Crippen molar-refractivity contribution in [2.45, 2.75) is 58.7 Å². The minimum atomic E-state index is -0.565. The number of aromatic nitrogens is 3. The highest BCUT2D eigenvalue weighted by atomic mass is 16.5. The number of carbonyl (C=O) groups excluding carboxylic acids is 2. The second-order valence-corrected chi connectivity index (χ2v) is 10.9. The number of methoxy groups -OCH3 is 1. The van der Waals surface area contributed by atoms with E-state index in [1.807, 2.05) is 85.3 Å². The predicted octanol–water partition coefficient (Wildman–Crippen LogP) is 4.88. The molecule has 224 valence electrons. The van der Waals surface area contributed by atoms with Gasteiger partial charge in [0.1, 0.15) is 6.04 Å². The second kappa shape index (κ2) is 14.0. The van der Waals surface area contributed by atoms with Crippen LogP contribution in [0.25, 0.3) is 0 Å². The van der Waals surface area contributed by atoms with E-state index in [9.17, 15) is 9.59 Å². The Balaban J connectivity index is 1.34. The lowest BCUT2D eigenvalue weighted by molar-refractivity contribution is -0.125.